The number of nitrogen functional groups attached to an aromatic ring is 2. The molecule has 0 aliphatic heterocycles. The number of hydrogen-bond acceptors (Lipinski definition) is 5. The SMILES string of the molecule is COc1nc(C(C)(C)C)nc(N)c1N. The van der Waals surface area contributed by atoms with E-state index in [4.69, 9.17) is 16.2 Å². The molecule has 0 bridgehead atoms. The van der Waals surface area contributed by atoms with Crippen molar-refractivity contribution in [3.8, 4) is 5.88 Å². The summed E-state index contributed by atoms with van der Waals surface area (Å²) in [6, 6.07) is 0. The zero-order chi connectivity index (χ0) is 10.9. The van der Waals surface area contributed by atoms with E-state index in [0.29, 0.717) is 17.4 Å². The molecule has 0 aromatic carbocycles. The third-order valence-corrected chi connectivity index (χ3v) is 1.80. The number of nitrogens with two attached hydrogens (primary N) is 2. The van der Waals surface area contributed by atoms with Crippen molar-refractivity contribution in [1.29, 1.82) is 0 Å². The van der Waals surface area contributed by atoms with Gasteiger partial charge in [-0.2, -0.15) is 4.98 Å². The molecule has 0 aliphatic carbocycles. The highest BCUT2D eigenvalue weighted by Crippen LogP contribution is 2.27. The maximum absolute atomic E-state index is 5.64. The van der Waals surface area contributed by atoms with Crippen LogP contribution in [0.4, 0.5) is 11.5 Å². The van der Waals surface area contributed by atoms with Crippen LogP contribution in [-0.2, 0) is 5.41 Å². The maximum Gasteiger partial charge on any atom is 0.242 e. The minimum Gasteiger partial charge on any atom is -0.479 e. The number of nitrogens with zero attached hydrogens (tertiary/aromatic N) is 2. The van der Waals surface area contributed by atoms with E-state index in [0.717, 1.165) is 0 Å². The molecule has 0 unspecified atom stereocenters. The van der Waals surface area contributed by atoms with Crippen LogP contribution >= 0.6 is 0 Å². The first-order valence-corrected chi connectivity index (χ1v) is 4.33. The number of aromatic nitrogens is 2. The van der Waals surface area contributed by atoms with Gasteiger partial charge in [-0.05, 0) is 0 Å². The predicted molar refractivity (Wildman–Crippen MR) is 56.1 cm³/mol. The average Bonchev–Trinajstić information content (AvgIpc) is 2.07. The van der Waals surface area contributed by atoms with E-state index >= 15 is 0 Å². The Morgan fingerprint density at radius 1 is 1.14 bits per heavy atom. The van der Waals surface area contributed by atoms with E-state index in [1.54, 1.807) is 0 Å². The fourth-order valence-corrected chi connectivity index (χ4v) is 0.956. The van der Waals surface area contributed by atoms with E-state index in [2.05, 4.69) is 9.97 Å². The van der Waals surface area contributed by atoms with Gasteiger partial charge >= 0.3 is 0 Å². The van der Waals surface area contributed by atoms with E-state index in [-0.39, 0.29) is 11.2 Å². The summed E-state index contributed by atoms with van der Waals surface area (Å²) < 4.78 is 5.01. The highest BCUT2D eigenvalue weighted by atomic mass is 16.5. The molecule has 14 heavy (non-hydrogen) atoms. The Bertz CT molecular complexity index is 343. The van der Waals surface area contributed by atoms with E-state index in [9.17, 15) is 0 Å². The molecule has 0 atom stereocenters. The average molecular weight is 196 g/mol. The molecule has 1 rings (SSSR count). The van der Waals surface area contributed by atoms with Crippen molar-refractivity contribution < 1.29 is 4.74 Å². The Labute approximate surface area is 83.5 Å². The molecular formula is C9H16N4O. The van der Waals surface area contributed by atoms with Crippen LogP contribution in [0.5, 0.6) is 5.88 Å². The predicted octanol–water partition coefficient (Wildman–Crippen LogP) is 0.947. The minimum absolute atomic E-state index is 0.172. The lowest BCUT2D eigenvalue weighted by atomic mass is 9.96. The highest BCUT2D eigenvalue weighted by molar-refractivity contribution is 5.64. The Morgan fingerprint density at radius 2 is 1.71 bits per heavy atom. The molecule has 5 nitrogen and oxygen atoms in total. The molecule has 78 valence electrons. The monoisotopic (exact) mass is 196 g/mol. The summed E-state index contributed by atoms with van der Waals surface area (Å²) in [6.45, 7) is 5.99. The van der Waals surface area contributed by atoms with Gasteiger partial charge in [-0.3, -0.25) is 0 Å². The summed E-state index contributed by atoms with van der Waals surface area (Å²) in [5.74, 6) is 1.23. The maximum atomic E-state index is 5.64. The Kier molecular flexibility index (Phi) is 2.51. The fraction of sp³-hybridized carbons (Fsp3) is 0.556. The van der Waals surface area contributed by atoms with Gasteiger partial charge in [0.25, 0.3) is 0 Å². The summed E-state index contributed by atoms with van der Waals surface area (Å²) in [5.41, 5.74) is 11.4. The summed E-state index contributed by atoms with van der Waals surface area (Å²) in [4.78, 5) is 8.30. The second-order valence-electron chi connectivity index (χ2n) is 4.11. The Balaban J connectivity index is 3.30. The number of rotatable bonds is 1. The summed E-state index contributed by atoms with van der Waals surface area (Å²) >= 11 is 0. The smallest absolute Gasteiger partial charge is 0.242 e. The summed E-state index contributed by atoms with van der Waals surface area (Å²) in [6.07, 6.45) is 0. The number of methoxy groups -OCH3 is 1. The zero-order valence-corrected chi connectivity index (χ0v) is 8.96. The lowest BCUT2D eigenvalue weighted by Crippen LogP contribution is -2.18. The van der Waals surface area contributed by atoms with E-state index < -0.39 is 0 Å². The largest absolute Gasteiger partial charge is 0.479 e. The van der Waals surface area contributed by atoms with Gasteiger partial charge < -0.3 is 16.2 Å². The molecule has 0 fully saturated rings. The topological polar surface area (TPSA) is 87.0 Å². The van der Waals surface area contributed by atoms with Crippen molar-refractivity contribution in [1.82, 2.24) is 9.97 Å². The minimum atomic E-state index is -0.172. The lowest BCUT2D eigenvalue weighted by Gasteiger charge is -2.18. The van der Waals surface area contributed by atoms with E-state index in [1.807, 2.05) is 20.8 Å². The number of anilines is 2. The van der Waals surface area contributed by atoms with Crippen LogP contribution in [0.15, 0.2) is 0 Å². The van der Waals surface area contributed by atoms with Crippen molar-refractivity contribution in [2.75, 3.05) is 18.6 Å². The molecule has 0 spiro atoms. The third kappa shape index (κ3) is 1.86. The second kappa shape index (κ2) is 3.32. The molecule has 1 aromatic rings. The van der Waals surface area contributed by atoms with Crippen LogP contribution in [0.25, 0.3) is 0 Å². The first-order chi connectivity index (χ1) is 6.36. The second-order valence-corrected chi connectivity index (χ2v) is 4.11. The Hall–Kier alpha value is -1.52. The van der Waals surface area contributed by atoms with Crippen molar-refractivity contribution in [2.45, 2.75) is 26.2 Å². The van der Waals surface area contributed by atoms with Crippen molar-refractivity contribution in [3.63, 3.8) is 0 Å². The van der Waals surface area contributed by atoms with Gasteiger partial charge in [-0.25, -0.2) is 4.98 Å². The Morgan fingerprint density at radius 3 is 2.14 bits per heavy atom. The van der Waals surface area contributed by atoms with Crippen molar-refractivity contribution in [3.05, 3.63) is 5.82 Å². The third-order valence-electron chi connectivity index (χ3n) is 1.80. The van der Waals surface area contributed by atoms with Gasteiger partial charge in [0.2, 0.25) is 5.88 Å². The molecule has 0 radical (unpaired) electrons. The van der Waals surface area contributed by atoms with Crippen LogP contribution in [0.2, 0.25) is 0 Å². The van der Waals surface area contributed by atoms with Gasteiger partial charge in [-0.15, -0.1) is 0 Å². The normalized spacial score (nSPS) is 11.4. The van der Waals surface area contributed by atoms with Gasteiger partial charge in [-0.1, -0.05) is 20.8 Å². The lowest BCUT2D eigenvalue weighted by molar-refractivity contribution is 0.392. The van der Waals surface area contributed by atoms with Crippen LogP contribution in [0.1, 0.15) is 26.6 Å². The molecule has 5 heteroatoms. The van der Waals surface area contributed by atoms with Crippen molar-refractivity contribution in [2.24, 2.45) is 0 Å². The van der Waals surface area contributed by atoms with Gasteiger partial charge in [0.15, 0.2) is 5.82 Å². The molecule has 0 aliphatic rings. The van der Waals surface area contributed by atoms with Gasteiger partial charge in [0.05, 0.1) is 7.11 Å². The standard InChI is InChI=1S/C9H16N4O/c1-9(2,3)8-12-6(11)5(10)7(13-8)14-4/h10H2,1-4H3,(H2,11,12,13). The summed E-state index contributed by atoms with van der Waals surface area (Å²) in [7, 11) is 1.50. The molecule has 0 amide bonds. The fourth-order valence-electron chi connectivity index (χ4n) is 0.956. The zero-order valence-electron chi connectivity index (χ0n) is 8.96. The van der Waals surface area contributed by atoms with Crippen molar-refractivity contribution >= 4 is 11.5 Å². The van der Waals surface area contributed by atoms with Crippen LogP contribution < -0.4 is 16.2 Å². The van der Waals surface area contributed by atoms with Gasteiger partial charge in [0, 0.05) is 5.41 Å². The van der Waals surface area contributed by atoms with Crippen LogP contribution in [0.3, 0.4) is 0 Å². The molecule has 4 N–H and O–H groups in total. The molecule has 0 saturated heterocycles. The molecule has 1 heterocycles. The molecule has 1 aromatic heterocycles. The van der Waals surface area contributed by atoms with Crippen LogP contribution in [-0.4, -0.2) is 17.1 Å². The molecular weight excluding hydrogens is 180 g/mol. The number of hydrogen-bond donors (Lipinski definition) is 2. The van der Waals surface area contributed by atoms with Crippen LogP contribution in [0, 0.1) is 0 Å². The first-order valence-electron chi connectivity index (χ1n) is 4.33. The highest BCUT2D eigenvalue weighted by Gasteiger charge is 2.20. The van der Waals surface area contributed by atoms with Gasteiger partial charge in [0.1, 0.15) is 11.5 Å². The quantitative estimate of drug-likeness (QED) is 0.698. The molecule has 0 saturated carbocycles. The van der Waals surface area contributed by atoms with E-state index in [1.165, 1.54) is 7.11 Å². The first kappa shape index (κ1) is 10.6. The number of ether oxygens (including phenoxy) is 1. The summed E-state index contributed by atoms with van der Waals surface area (Å²) in [5, 5.41) is 0.